The maximum absolute atomic E-state index is 11.8. The van der Waals surface area contributed by atoms with Crippen molar-refractivity contribution >= 4 is 28.9 Å². The third-order valence-corrected chi connectivity index (χ3v) is 5.06. The van der Waals surface area contributed by atoms with Crippen LogP contribution in [0.3, 0.4) is 0 Å². The molecule has 1 nitrogen and oxygen atoms in total. The molecule has 1 aliphatic rings. The summed E-state index contributed by atoms with van der Waals surface area (Å²) < 4.78 is 1.19. The molecule has 1 heterocycles. The van der Waals surface area contributed by atoms with E-state index in [9.17, 15) is 4.79 Å². The fraction of sp³-hybridized carbons (Fsp3) is 0.545. The highest BCUT2D eigenvalue weighted by Crippen LogP contribution is 2.43. The van der Waals surface area contributed by atoms with Crippen molar-refractivity contribution in [3.8, 4) is 0 Å². The smallest absolute Gasteiger partial charge is 0.165 e. The van der Waals surface area contributed by atoms with Crippen LogP contribution >= 0.6 is 23.1 Å². The van der Waals surface area contributed by atoms with Crippen LogP contribution in [-0.4, -0.2) is 12.0 Å². The van der Waals surface area contributed by atoms with Gasteiger partial charge in [0.2, 0.25) is 0 Å². The van der Waals surface area contributed by atoms with E-state index in [2.05, 4.69) is 19.2 Å². The van der Waals surface area contributed by atoms with Gasteiger partial charge in [-0.25, -0.2) is 0 Å². The number of carbonyl (C=O) groups excluding carboxylic acids is 1. The highest BCUT2D eigenvalue weighted by Gasteiger charge is 2.34. The van der Waals surface area contributed by atoms with Crippen molar-refractivity contribution in [2.75, 3.05) is 6.26 Å². The molecule has 0 bridgehead atoms. The second kappa shape index (κ2) is 3.38. The van der Waals surface area contributed by atoms with E-state index in [1.54, 1.807) is 23.1 Å². The molecule has 76 valence electrons. The van der Waals surface area contributed by atoms with E-state index >= 15 is 0 Å². The molecule has 14 heavy (non-hydrogen) atoms. The highest BCUT2D eigenvalue weighted by molar-refractivity contribution is 8.00. The second-order valence-electron chi connectivity index (χ2n) is 4.32. The van der Waals surface area contributed by atoms with Gasteiger partial charge in [-0.15, -0.1) is 23.1 Å². The Labute approximate surface area is 92.9 Å². The Kier molecular flexibility index (Phi) is 2.48. The maximum atomic E-state index is 11.8. The first-order valence-electron chi connectivity index (χ1n) is 4.75. The first kappa shape index (κ1) is 10.2. The average molecular weight is 226 g/mol. The number of hydrogen-bond acceptors (Lipinski definition) is 3. The number of rotatable bonds is 1. The monoisotopic (exact) mass is 226 g/mol. The zero-order chi connectivity index (χ0) is 10.3. The van der Waals surface area contributed by atoms with Crippen LogP contribution in [0.1, 0.15) is 42.6 Å². The molecule has 1 aromatic rings. The van der Waals surface area contributed by atoms with Gasteiger partial charge in [0.05, 0.1) is 4.21 Å². The zero-order valence-corrected chi connectivity index (χ0v) is 10.3. The molecule has 0 N–H and O–H groups in total. The summed E-state index contributed by atoms with van der Waals surface area (Å²) in [7, 11) is 0. The molecule has 0 amide bonds. The van der Waals surface area contributed by atoms with E-state index in [-0.39, 0.29) is 5.41 Å². The molecule has 0 radical (unpaired) electrons. The van der Waals surface area contributed by atoms with Crippen LogP contribution in [0, 0.1) is 0 Å². The summed E-state index contributed by atoms with van der Waals surface area (Å²) in [5.41, 5.74) is 2.47. The Morgan fingerprint density at radius 2 is 2.21 bits per heavy atom. The van der Waals surface area contributed by atoms with Gasteiger partial charge in [-0.2, -0.15) is 0 Å². The molecule has 1 aliphatic carbocycles. The van der Waals surface area contributed by atoms with Gasteiger partial charge < -0.3 is 0 Å². The summed E-state index contributed by atoms with van der Waals surface area (Å²) in [5.74, 6) is 0.338. The Morgan fingerprint density at radius 3 is 2.86 bits per heavy atom. The van der Waals surface area contributed by atoms with E-state index in [1.165, 1.54) is 9.77 Å². The van der Waals surface area contributed by atoms with Crippen molar-refractivity contribution in [1.29, 1.82) is 0 Å². The first-order valence-corrected chi connectivity index (χ1v) is 6.86. The van der Waals surface area contributed by atoms with Crippen LogP contribution in [0.25, 0.3) is 0 Å². The molecule has 0 atom stereocenters. The predicted molar refractivity (Wildman–Crippen MR) is 62.7 cm³/mol. The van der Waals surface area contributed by atoms with Crippen molar-refractivity contribution in [3.63, 3.8) is 0 Å². The SMILES string of the molecule is CSc1scc2c1C(=O)CCC2(C)C. The molecule has 0 aromatic carbocycles. The Balaban J connectivity index is 2.59. The summed E-state index contributed by atoms with van der Waals surface area (Å²) in [6.07, 6.45) is 3.74. The largest absolute Gasteiger partial charge is 0.294 e. The fourth-order valence-corrected chi connectivity index (χ4v) is 3.90. The van der Waals surface area contributed by atoms with Gasteiger partial charge in [-0.1, -0.05) is 13.8 Å². The quantitative estimate of drug-likeness (QED) is 0.679. The Hall–Kier alpha value is -0.280. The molecule has 0 spiro atoms. The molecule has 1 aromatic heterocycles. The number of thioether (sulfide) groups is 1. The number of carbonyl (C=O) groups is 1. The summed E-state index contributed by atoms with van der Waals surface area (Å²) >= 11 is 3.41. The third-order valence-electron chi connectivity index (χ3n) is 2.93. The van der Waals surface area contributed by atoms with E-state index < -0.39 is 0 Å². The molecule has 0 saturated heterocycles. The average Bonchev–Trinajstić information content (AvgIpc) is 2.57. The number of hydrogen-bond donors (Lipinski definition) is 0. The van der Waals surface area contributed by atoms with Crippen LogP contribution in [0.4, 0.5) is 0 Å². The van der Waals surface area contributed by atoms with Crippen LogP contribution in [-0.2, 0) is 5.41 Å². The minimum atomic E-state index is 0.188. The minimum Gasteiger partial charge on any atom is -0.294 e. The Morgan fingerprint density at radius 1 is 1.50 bits per heavy atom. The van der Waals surface area contributed by atoms with E-state index in [4.69, 9.17) is 0 Å². The highest BCUT2D eigenvalue weighted by atomic mass is 32.2. The van der Waals surface area contributed by atoms with Crippen molar-refractivity contribution in [3.05, 3.63) is 16.5 Å². The number of fused-ring (bicyclic) bond motifs is 1. The molecular weight excluding hydrogens is 212 g/mol. The van der Waals surface area contributed by atoms with Gasteiger partial charge in [0.15, 0.2) is 5.78 Å². The standard InChI is InChI=1S/C11H14OS2/c1-11(2)5-4-8(12)9-7(11)6-14-10(9)13-3/h6H,4-5H2,1-3H3. The number of Topliss-reactive ketones (excluding diaryl/α,β-unsaturated/α-hetero) is 1. The molecule has 0 unspecified atom stereocenters. The summed E-state index contributed by atoms with van der Waals surface area (Å²) in [5, 5.41) is 2.16. The van der Waals surface area contributed by atoms with Crippen molar-refractivity contribution in [2.45, 2.75) is 36.3 Å². The maximum Gasteiger partial charge on any atom is 0.165 e. The number of thiophene rings is 1. The van der Waals surface area contributed by atoms with E-state index in [0.717, 1.165) is 12.0 Å². The molecule has 2 rings (SSSR count). The van der Waals surface area contributed by atoms with Gasteiger partial charge in [0, 0.05) is 12.0 Å². The van der Waals surface area contributed by atoms with Crippen LogP contribution in [0.15, 0.2) is 9.59 Å². The Bertz CT molecular complexity index is 377. The lowest BCUT2D eigenvalue weighted by Gasteiger charge is -2.29. The van der Waals surface area contributed by atoms with Crippen molar-refractivity contribution < 1.29 is 4.79 Å². The minimum absolute atomic E-state index is 0.188. The van der Waals surface area contributed by atoms with Gasteiger partial charge in [-0.3, -0.25) is 4.79 Å². The third kappa shape index (κ3) is 1.43. The van der Waals surface area contributed by atoms with Crippen LogP contribution in [0.2, 0.25) is 0 Å². The lowest BCUT2D eigenvalue weighted by atomic mass is 9.74. The number of ketones is 1. The van der Waals surface area contributed by atoms with Gasteiger partial charge in [0.1, 0.15) is 0 Å². The summed E-state index contributed by atoms with van der Waals surface area (Å²) in [6.45, 7) is 4.46. The van der Waals surface area contributed by atoms with Crippen molar-refractivity contribution in [2.24, 2.45) is 0 Å². The predicted octanol–water partition coefficient (Wildman–Crippen LogP) is 3.72. The van der Waals surface area contributed by atoms with E-state index in [0.29, 0.717) is 12.2 Å². The van der Waals surface area contributed by atoms with E-state index in [1.807, 2.05) is 6.26 Å². The summed E-state index contributed by atoms with van der Waals surface area (Å²) in [6, 6.07) is 0. The van der Waals surface area contributed by atoms with Gasteiger partial charge >= 0.3 is 0 Å². The van der Waals surface area contributed by atoms with Gasteiger partial charge in [0.25, 0.3) is 0 Å². The first-order chi connectivity index (χ1) is 6.56. The van der Waals surface area contributed by atoms with Crippen LogP contribution < -0.4 is 0 Å². The molecular formula is C11H14OS2. The van der Waals surface area contributed by atoms with Crippen molar-refractivity contribution in [1.82, 2.24) is 0 Å². The fourth-order valence-electron chi connectivity index (χ4n) is 1.94. The lowest BCUT2D eigenvalue weighted by molar-refractivity contribution is 0.0954. The molecule has 0 saturated carbocycles. The molecule has 0 aliphatic heterocycles. The topological polar surface area (TPSA) is 17.1 Å². The second-order valence-corrected chi connectivity index (χ2v) is 6.28. The molecule has 3 heteroatoms. The van der Waals surface area contributed by atoms with Gasteiger partial charge in [-0.05, 0) is 29.0 Å². The molecule has 0 fully saturated rings. The summed E-state index contributed by atoms with van der Waals surface area (Å²) in [4.78, 5) is 11.8. The zero-order valence-electron chi connectivity index (χ0n) is 8.72. The normalized spacial score (nSPS) is 19.5. The van der Waals surface area contributed by atoms with Crippen LogP contribution in [0.5, 0.6) is 0 Å². The lowest BCUT2D eigenvalue weighted by Crippen LogP contribution is -2.26.